The number of carbonyl (C=O) groups excluding carboxylic acids is 2. The number of anilines is 1. The molecule has 0 aliphatic heterocycles. The van der Waals surface area contributed by atoms with Crippen LogP contribution in [0.4, 0.5) is 5.69 Å². The van der Waals surface area contributed by atoms with Crippen LogP contribution in [0.25, 0.3) is 6.08 Å². The Morgan fingerprint density at radius 1 is 1.10 bits per heavy atom. The van der Waals surface area contributed by atoms with Crippen molar-refractivity contribution in [3.63, 3.8) is 0 Å². The summed E-state index contributed by atoms with van der Waals surface area (Å²) in [5.41, 5.74) is 7.25. The maximum absolute atomic E-state index is 12.5. The Labute approximate surface area is 172 Å². The summed E-state index contributed by atoms with van der Waals surface area (Å²) < 4.78 is 7.63. The molecule has 1 aromatic heterocycles. The first-order valence-corrected chi connectivity index (χ1v) is 10.1. The molecule has 0 bridgehead atoms. The highest BCUT2D eigenvalue weighted by Crippen LogP contribution is 2.38. The van der Waals surface area contributed by atoms with Crippen molar-refractivity contribution in [2.24, 2.45) is 0 Å². The fraction of sp³-hybridized carbons (Fsp3) is 0.417. The van der Waals surface area contributed by atoms with Gasteiger partial charge in [0, 0.05) is 29.2 Å². The molecule has 1 aliphatic carbocycles. The second-order valence-corrected chi connectivity index (χ2v) is 8.10. The standard InChI is InChI=1S/C24H30N2O3/c1-14-11-15(2)23(16(3)12-14)25-24(28)19(6)29-22(27)10-7-20-13-17(4)26(18(20)5)21-8-9-21/h7,10-13,19,21H,8-9H2,1-6H3,(H,25,28)/b10-7+/t19-/m1/s1. The van der Waals surface area contributed by atoms with E-state index in [1.165, 1.54) is 24.6 Å². The molecular weight excluding hydrogens is 364 g/mol. The summed E-state index contributed by atoms with van der Waals surface area (Å²) in [6, 6.07) is 6.71. The maximum Gasteiger partial charge on any atom is 0.331 e. The Morgan fingerprint density at radius 2 is 1.72 bits per heavy atom. The molecule has 0 radical (unpaired) electrons. The average molecular weight is 395 g/mol. The molecule has 1 heterocycles. The van der Waals surface area contributed by atoms with Crippen LogP contribution in [0, 0.1) is 34.6 Å². The zero-order valence-corrected chi connectivity index (χ0v) is 18.1. The lowest BCUT2D eigenvalue weighted by molar-refractivity contribution is -0.148. The summed E-state index contributed by atoms with van der Waals surface area (Å²) in [6.07, 6.45) is 4.71. The van der Waals surface area contributed by atoms with Crippen molar-refractivity contribution in [1.82, 2.24) is 4.57 Å². The van der Waals surface area contributed by atoms with Gasteiger partial charge in [-0.3, -0.25) is 4.79 Å². The van der Waals surface area contributed by atoms with E-state index >= 15 is 0 Å². The lowest BCUT2D eigenvalue weighted by Gasteiger charge is -2.16. The molecule has 1 aromatic carbocycles. The smallest absolute Gasteiger partial charge is 0.331 e. The van der Waals surface area contributed by atoms with Crippen molar-refractivity contribution in [3.05, 3.63) is 57.9 Å². The van der Waals surface area contributed by atoms with Crippen LogP contribution >= 0.6 is 0 Å². The van der Waals surface area contributed by atoms with Gasteiger partial charge in [0.2, 0.25) is 0 Å². The third kappa shape index (κ3) is 4.78. The molecule has 0 saturated heterocycles. The number of hydrogen-bond acceptors (Lipinski definition) is 3. The van der Waals surface area contributed by atoms with Crippen molar-refractivity contribution in [2.45, 2.75) is 66.5 Å². The Morgan fingerprint density at radius 3 is 2.31 bits per heavy atom. The van der Waals surface area contributed by atoms with Crippen LogP contribution in [0.5, 0.6) is 0 Å². The molecular formula is C24H30N2O3. The first-order valence-electron chi connectivity index (χ1n) is 10.1. The minimum absolute atomic E-state index is 0.339. The molecule has 1 aliphatic rings. The predicted octanol–water partition coefficient (Wildman–Crippen LogP) is 4.95. The molecule has 3 rings (SSSR count). The van der Waals surface area contributed by atoms with Crippen LogP contribution in [0.3, 0.4) is 0 Å². The third-order valence-electron chi connectivity index (χ3n) is 5.42. The van der Waals surface area contributed by atoms with Gasteiger partial charge in [0.15, 0.2) is 6.10 Å². The molecule has 5 nitrogen and oxygen atoms in total. The van der Waals surface area contributed by atoms with Gasteiger partial charge in [-0.2, -0.15) is 0 Å². The van der Waals surface area contributed by atoms with E-state index in [1.807, 2.05) is 32.9 Å². The number of nitrogens with one attached hydrogen (secondary N) is 1. The Balaban J connectivity index is 1.61. The number of hydrogen-bond donors (Lipinski definition) is 1. The predicted molar refractivity (Wildman–Crippen MR) is 116 cm³/mol. The molecule has 29 heavy (non-hydrogen) atoms. The van der Waals surface area contributed by atoms with Gasteiger partial charge in [0.25, 0.3) is 5.91 Å². The van der Waals surface area contributed by atoms with Gasteiger partial charge < -0.3 is 14.6 Å². The van der Waals surface area contributed by atoms with E-state index in [-0.39, 0.29) is 5.91 Å². The first kappa shape index (κ1) is 20.9. The van der Waals surface area contributed by atoms with Gasteiger partial charge in [-0.1, -0.05) is 17.7 Å². The van der Waals surface area contributed by atoms with Crippen LogP contribution in [0.1, 0.15) is 59.4 Å². The SMILES string of the molecule is Cc1cc(C)c(NC(=O)[C@@H](C)OC(=O)/C=C/c2cc(C)n(C3CC3)c2C)c(C)c1. The second-order valence-electron chi connectivity index (χ2n) is 8.10. The van der Waals surface area contributed by atoms with Crippen LogP contribution in [-0.4, -0.2) is 22.5 Å². The number of ether oxygens (including phenoxy) is 1. The van der Waals surface area contributed by atoms with Crippen LogP contribution in [-0.2, 0) is 14.3 Å². The highest BCUT2D eigenvalue weighted by atomic mass is 16.5. The number of nitrogens with zero attached hydrogens (tertiary/aromatic N) is 1. The molecule has 5 heteroatoms. The van der Waals surface area contributed by atoms with E-state index in [2.05, 4.69) is 29.8 Å². The summed E-state index contributed by atoms with van der Waals surface area (Å²) in [6.45, 7) is 11.7. The van der Waals surface area contributed by atoms with Gasteiger partial charge in [-0.15, -0.1) is 0 Å². The number of amides is 1. The molecule has 2 aromatic rings. The van der Waals surface area contributed by atoms with Crippen LogP contribution in [0.15, 0.2) is 24.3 Å². The van der Waals surface area contributed by atoms with Crippen molar-refractivity contribution in [1.29, 1.82) is 0 Å². The lowest BCUT2D eigenvalue weighted by atomic mass is 10.0. The number of carbonyl (C=O) groups is 2. The van der Waals surface area contributed by atoms with Crippen molar-refractivity contribution in [2.75, 3.05) is 5.32 Å². The van der Waals surface area contributed by atoms with Crippen molar-refractivity contribution >= 4 is 23.6 Å². The number of esters is 1. The van der Waals surface area contributed by atoms with Gasteiger partial charge in [0.05, 0.1) is 0 Å². The van der Waals surface area contributed by atoms with Crippen LogP contribution < -0.4 is 5.32 Å². The van der Waals surface area contributed by atoms with Gasteiger partial charge in [-0.25, -0.2) is 4.79 Å². The maximum atomic E-state index is 12.5. The molecule has 1 amide bonds. The summed E-state index contributed by atoms with van der Waals surface area (Å²) in [5.74, 6) is -0.866. The lowest BCUT2D eigenvalue weighted by Crippen LogP contribution is -2.30. The largest absolute Gasteiger partial charge is 0.449 e. The van der Waals surface area contributed by atoms with E-state index in [4.69, 9.17) is 4.74 Å². The van der Waals surface area contributed by atoms with Crippen molar-refractivity contribution in [3.8, 4) is 0 Å². The van der Waals surface area contributed by atoms with E-state index in [9.17, 15) is 9.59 Å². The average Bonchev–Trinajstić information content (AvgIpc) is 3.41. The first-order chi connectivity index (χ1) is 13.7. The van der Waals surface area contributed by atoms with E-state index in [1.54, 1.807) is 13.0 Å². The van der Waals surface area contributed by atoms with E-state index < -0.39 is 12.1 Å². The normalized spacial score (nSPS) is 14.8. The summed E-state index contributed by atoms with van der Waals surface area (Å²) >= 11 is 0. The van der Waals surface area contributed by atoms with Crippen LogP contribution in [0.2, 0.25) is 0 Å². The number of aromatic nitrogens is 1. The Kier molecular flexibility index (Phi) is 5.96. The molecule has 0 spiro atoms. The topological polar surface area (TPSA) is 60.3 Å². The number of benzene rings is 1. The van der Waals surface area contributed by atoms with E-state index in [0.717, 1.165) is 33.6 Å². The molecule has 0 unspecified atom stereocenters. The zero-order valence-electron chi connectivity index (χ0n) is 18.1. The zero-order chi connectivity index (χ0) is 21.3. The van der Waals surface area contributed by atoms with Gasteiger partial charge in [-0.05, 0) is 83.2 Å². The highest BCUT2D eigenvalue weighted by Gasteiger charge is 2.26. The molecule has 1 atom stereocenters. The van der Waals surface area contributed by atoms with Gasteiger partial charge in [0.1, 0.15) is 0 Å². The summed E-state index contributed by atoms with van der Waals surface area (Å²) in [7, 11) is 0. The number of rotatable bonds is 6. The fourth-order valence-electron chi connectivity index (χ4n) is 3.89. The Hall–Kier alpha value is -2.82. The minimum atomic E-state index is -0.883. The summed E-state index contributed by atoms with van der Waals surface area (Å²) in [5, 5.41) is 2.88. The number of aryl methyl sites for hydroxylation is 4. The molecule has 1 saturated carbocycles. The quantitative estimate of drug-likeness (QED) is 0.557. The molecule has 154 valence electrons. The van der Waals surface area contributed by atoms with Crippen molar-refractivity contribution < 1.29 is 14.3 Å². The Bertz CT molecular complexity index is 957. The highest BCUT2D eigenvalue weighted by molar-refractivity contribution is 5.97. The second kappa shape index (κ2) is 8.27. The summed E-state index contributed by atoms with van der Waals surface area (Å²) in [4.78, 5) is 24.7. The fourth-order valence-corrected chi connectivity index (χ4v) is 3.89. The van der Waals surface area contributed by atoms with E-state index in [0.29, 0.717) is 6.04 Å². The van der Waals surface area contributed by atoms with Gasteiger partial charge >= 0.3 is 5.97 Å². The molecule has 1 fully saturated rings. The minimum Gasteiger partial charge on any atom is -0.449 e. The third-order valence-corrected chi connectivity index (χ3v) is 5.42. The monoisotopic (exact) mass is 394 g/mol. The molecule has 1 N–H and O–H groups in total.